The molecule has 1 nitrogen and oxygen atoms in total. The van der Waals surface area contributed by atoms with Crippen LogP contribution in [0.1, 0.15) is 40.5 Å². The summed E-state index contributed by atoms with van der Waals surface area (Å²) >= 11 is 0. The van der Waals surface area contributed by atoms with Crippen molar-refractivity contribution >= 4 is 8.80 Å². The second-order valence-electron chi connectivity index (χ2n) is 6.58. The Morgan fingerprint density at radius 1 is 0.826 bits per heavy atom. The molecule has 0 unspecified atom stereocenters. The molecule has 0 saturated carbocycles. The van der Waals surface area contributed by atoms with Crippen LogP contribution in [-0.4, -0.2) is 19.1 Å². The topological polar surface area (TPSA) is 20.2 Å². The summed E-state index contributed by atoms with van der Waals surface area (Å²) in [7, 11) is -1.27. The third-order valence-corrected chi connectivity index (χ3v) is 6.91. The monoisotopic (exact) mass is 469 g/mol. The molecule has 1 radical (unpaired) electrons. The van der Waals surface area contributed by atoms with Crippen LogP contribution in [0.3, 0.4) is 0 Å². The van der Waals surface area contributed by atoms with Crippen LogP contribution in [0, 0.1) is 0 Å². The Bertz CT molecular complexity index is 506. The van der Waals surface area contributed by atoms with Gasteiger partial charge in [0.1, 0.15) is 0 Å². The Labute approximate surface area is 180 Å². The van der Waals surface area contributed by atoms with Crippen molar-refractivity contribution < 1.29 is 68.5 Å². The molecule has 0 aliphatic heterocycles. The van der Waals surface area contributed by atoms with Gasteiger partial charge in [0.25, 0.3) is 0 Å². The maximum absolute atomic E-state index is 11.5. The summed E-state index contributed by atoms with van der Waals surface area (Å²) in [5.41, 5.74) is 7.85. The average molecular weight is 472 g/mol. The van der Waals surface area contributed by atoms with E-state index in [1.807, 2.05) is 0 Å². The molecule has 0 aromatic carbocycles. The van der Waals surface area contributed by atoms with Crippen LogP contribution in [0.5, 0.6) is 0 Å². The molecule has 129 valence electrons. The van der Waals surface area contributed by atoms with E-state index in [4.69, 9.17) is 0 Å². The summed E-state index contributed by atoms with van der Waals surface area (Å²) in [6.45, 7) is 13.2. The van der Waals surface area contributed by atoms with Gasteiger partial charge in [-0.2, -0.15) is 0 Å². The van der Waals surface area contributed by atoms with Gasteiger partial charge in [-0.3, -0.25) is 0 Å². The molecule has 0 bridgehead atoms. The average Bonchev–Trinajstić information content (AvgIpc) is 2.80. The van der Waals surface area contributed by atoms with Gasteiger partial charge in [0.15, 0.2) is 0 Å². The molecule has 0 heterocycles. The summed E-state index contributed by atoms with van der Waals surface area (Å²) in [4.78, 5) is 0. The standard InChI is InChI=1S/C17H26OSi.3ClH.Zr/c1-11-7-13(3)15(9-11)17(18,19(5)6)16-10-12(2)8-14(16)4;;;;/h7-8,18-19H,9-10H2,1-6H3;3*1H;/q;;;;+3/p-3. The number of aliphatic hydroxyl groups is 1. The summed E-state index contributed by atoms with van der Waals surface area (Å²) < 4.78 is 0. The molecule has 2 rings (SSSR count). The van der Waals surface area contributed by atoms with Crippen LogP contribution >= 0.6 is 0 Å². The molecule has 0 aromatic rings. The van der Waals surface area contributed by atoms with Crippen molar-refractivity contribution in [2.24, 2.45) is 0 Å². The molecular weight excluding hydrogens is 446 g/mol. The Morgan fingerprint density at radius 3 is 1.30 bits per heavy atom. The molecule has 0 atom stereocenters. The first-order chi connectivity index (χ1) is 8.76. The van der Waals surface area contributed by atoms with Crippen molar-refractivity contribution in [2.75, 3.05) is 0 Å². The fraction of sp³-hybridized carbons (Fsp3) is 0.529. The van der Waals surface area contributed by atoms with E-state index in [-0.39, 0.29) is 63.4 Å². The van der Waals surface area contributed by atoms with Gasteiger partial charge < -0.3 is 42.3 Å². The molecule has 0 aromatic heterocycles. The van der Waals surface area contributed by atoms with Crippen molar-refractivity contribution in [3.8, 4) is 0 Å². The predicted molar refractivity (Wildman–Crippen MR) is 86.0 cm³/mol. The van der Waals surface area contributed by atoms with Gasteiger partial charge in [-0.25, -0.2) is 0 Å². The second-order valence-corrected chi connectivity index (χ2v) is 9.72. The maximum Gasteiger partial charge on any atom is 3.00 e. The minimum Gasteiger partial charge on any atom is -1.00 e. The largest absolute Gasteiger partial charge is 3.00 e. The van der Waals surface area contributed by atoms with Crippen LogP contribution < -0.4 is 37.2 Å². The smallest absolute Gasteiger partial charge is 1.00 e. The van der Waals surface area contributed by atoms with Crippen molar-refractivity contribution in [1.82, 2.24) is 0 Å². The Hall–Kier alpha value is 0.890. The number of allylic oxidation sites excluding steroid dienone is 6. The zero-order valence-corrected chi connectivity index (χ0v) is 20.6. The molecule has 0 spiro atoms. The van der Waals surface area contributed by atoms with E-state index in [0.717, 1.165) is 12.8 Å². The van der Waals surface area contributed by atoms with E-state index in [1.165, 1.54) is 33.4 Å². The fourth-order valence-electron chi connectivity index (χ4n) is 3.60. The van der Waals surface area contributed by atoms with E-state index >= 15 is 0 Å². The van der Waals surface area contributed by atoms with Gasteiger partial charge in [0.2, 0.25) is 0 Å². The van der Waals surface area contributed by atoms with Gasteiger partial charge in [-0.05, 0) is 62.8 Å². The first-order valence-electron chi connectivity index (χ1n) is 7.24. The molecule has 2 aliphatic carbocycles. The van der Waals surface area contributed by atoms with E-state index in [0.29, 0.717) is 0 Å². The SMILES string of the molecule is CC1=CC(C)=C(C(O)(C2=C(C)C=C(C)C2)[SiH](C)C)C1.[Cl-].[Cl-].[Cl-].[Zr+3]. The zero-order valence-electron chi connectivity index (χ0n) is 14.7. The first kappa shape index (κ1) is 28.7. The number of halogens is 3. The molecule has 6 heteroatoms. The number of hydrogen-bond donors (Lipinski definition) is 1. The molecule has 2 aliphatic rings. The minimum atomic E-state index is -1.27. The van der Waals surface area contributed by atoms with Gasteiger partial charge in [-0.1, -0.05) is 36.4 Å². The van der Waals surface area contributed by atoms with Gasteiger partial charge in [-0.15, -0.1) is 0 Å². The van der Waals surface area contributed by atoms with Gasteiger partial charge in [0.05, 0.1) is 14.0 Å². The summed E-state index contributed by atoms with van der Waals surface area (Å²) in [6, 6.07) is 0. The number of rotatable bonds is 3. The van der Waals surface area contributed by atoms with E-state index in [1.54, 1.807) is 0 Å². The molecule has 0 amide bonds. The normalized spacial score (nSPS) is 17.0. The third kappa shape index (κ3) is 5.43. The van der Waals surface area contributed by atoms with Crippen LogP contribution in [-0.2, 0) is 26.2 Å². The van der Waals surface area contributed by atoms with Crippen molar-refractivity contribution in [2.45, 2.75) is 58.9 Å². The second kappa shape index (κ2) is 10.8. The zero-order chi connectivity index (χ0) is 14.4. The molecule has 0 saturated heterocycles. The predicted octanol–water partition coefficient (Wildman–Crippen LogP) is -4.91. The Balaban J connectivity index is -0.000001000. The summed E-state index contributed by atoms with van der Waals surface area (Å²) in [5.74, 6) is 0. The van der Waals surface area contributed by atoms with E-state index in [2.05, 4.69) is 52.9 Å². The minimum absolute atomic E-state index is 0. The fourth-order valence-corrected chi connectivity index (χ4v) is 5.66. The molecular formula is C17H26Cl3OSiZr. The molecule has 0 fully saturated rings. The van der Waals surface area contributed by atoms with Gasteiger partial charge >= 0.3 is 26.2 Å². The van der Waals surface area contributed by atoms with Crippen LogP contribution in [0.25, 0.3) is 0 Å². The first-order valence-corrected chi connectivity index (χ1v) is 10.1. The molecule has 23 heavy (non-hydrogen) atoms. The molecule has 1 N–H and O–H groups in total. The third-order valence-electron chi connectivity index (χ3n) is 4.54. The van der Waals surface area contributed by atoms with Crippen LogP contribution in [0.2, 0.25) is 13.1 Å². The van der Waals surface area contributed by atoms with Crippen LogP contribution in [0.4, 0.5) is 0 Å². The van der Waals surface area contributed by atoms with E-state index < -0.39 is 14.0 Å². The quantitative estimate of drug-likeness (QED) is 0.409. The van der Waals surface area contributed by atoms with Crippen molar-refractivity contribution in [1.29, 1.82) is 0 Å². The Kier molecular flexibility index (Phi) is 13.5. The summed E-state index contributed by atoms with van der Waals surface area (Å²) in [6.07, 6.45) is 6.37. The van der Waals surface area contributed by atoms with Crippen molar-refractivity contribution in [3.63, 3.8) is 0 Å². The van der Waals surface area contributed by atoms with Crippen molar-refractivity contribution in [3.05, 3.63) is 45.6 Å². The van der Waals surface area contributed by atoms with E-state index in [9.17, 15) is 5.11 Å². The number of hydrogen-bond acceptors (Lipinski definition) is 1. The van der Waals surface area contributed by atoms with Gasteiger partial charge in [0, 0.05) is 0 Å². The Morgan fingerprint density at radius 2 is 1.13 bits per heavy atom. The maximum atomic E-state index is 11.5. The van der Waals surface area contributed by atoms with Crippen LogP contribution in [0.15, 0.2) is 45.6 Å². The summed E-state index contributed by atoms with van der Waals surface area (Å²) in [5, 5.41) is 10.9.